The van der Waals surface area contributed by atoms with Crippen LogP contribution in [0.25, 0.3) is 0 Å². The van der Waals surface area contributed by atoms with Crippen molar-refractivity contribution < 1.29 is 27.2 Å². The molecule has 0 aliphatic carbocycles. The Bertz CT molecular complexity index is 1100. The topological polar surface area (TPSA) is 79.7 Å². The fourth-order valence-electron chi connectivity index (χ4n) is 3.88. The van der Waals surface area contributed by atoms with E-state index in [-0.39, 0.29) is 31.9 Å². The van der Waals surface area contributed by atoms with Crippen molar-refractivity contribution in [2.24, 2.45) is 0 Å². The van der Waals surface area contributed by atoms with Crippen molar-refractivity contribution in [2.45, 2.75) is 12.2 Å². The Balaban J connectivity index is 1.48. The Labute approximate surface area is 180 Å². The maximum atomic E-state index is 13.3. The first-order chi connectivity index (χ1) is 15.2. The van der Waals surface area contributed by atoms with Crippen molar-refractivity contribution in [3.8, 4) is 6.07 Å². The van der Waals surface area contributed by atoms with E-state index in [2.05, 4.69) is 5.32 Å². The number of nitrogens with one attached hydrogen (secondary N) is 1. The molecular weight excluding hydrogens is 430 g/mol. The lowest BCUT2D eigenvalue weighted by Crippen LogP contribution is -2.54. The molecule has 2 saturated heterocycles. The van der Waals surface area contributed by atoms with E-state index in [1.54, 1.807) is 0 Å². The number of nitriles is 1. The quantitative estimate of drug-likeness (QED) is 0.710. The van der Waals surface area contributed by atoms with Crippen LogP contribution in [0.2, 0.25) is 0 Å². The number of nitrogens with zero attached hydrogens (tertiary/aromatic N) is 4. The number of carbonyl (C=O) groups excluding carboxylic acids is 2. The zero-order valence-corrected chi connectivity index (χ0v) is 16.6. The second kappa shape index (κ2) is 8.03. The molecule has 32 heavy (non-hydrogen) atoms. The molecule has 2 aliphatic heterocycles. The Morgan fingerprint density at radius 1 is 1.09 bits per heavy atom. The van der Waals surface area contributed by atoms with Crippen LogP contribution in [-0.4, -0.2) is 54.1 Å². The highest BCUT2D eigenvalue weighted by Crippen LogP contribution is 2.36. The molecule has 2 heterocycles. The molecular formula is C21H17F4N5O2. The number of piperazine rings is 1. The molecule has 166 valence electrons. The lowest BCUT2D eigenvalue weighted by molar-refractivity contribution is -0.137. The highest BCUT2D eigenvalue weighted by molar-refractivity contribution is 5.95. The zero-order valence-electron chi connectivity index (χ0n) is 16.6. The number of carbonyl (C=O) groups is 2. The van der Waals surface area contributed by atoms with Gasteiger partial charge < -0.3 is 15.1 Å². The lowest BCUT2D eigenvalue weighted by atomic mass is 10.1. The van der Waals surface area contributed by atoms with Gasteiger partial charge in [-0.1, -0.05) is 0 Å². The summed E-state index contributed by atoms with van der Waals surface area (Å²) < 4.78 is 52.9. The fraction of sp³-hybridized carbons (Fsp3) is 0.286. The van der Waals surface area contributed by atoms with Crippen LogP contribution in [0.1, 0.15) is 11.1 Å². The van der Waals surface area contributed by atoms with Crippen LogP contribution < -0.4 is 10.2 Å². The number of amides is 4. The molecule has 2 aliphatic rings. The van der Waals surface area contributed by atoms with E-state index in [1.807, 2.05) is 0 Å². The van der Waals surface area contributed by atoms with Gasteiger partial charge in [-0.2, -0.15) is 18.4 Å². The first-order valence-corrected chi connectivity index (χ1v) is 9.68. The average Bonchev–Trinajstić information content (AvgIpc) is 3.10. The Hall–Kier alpha value is -3.81. The third-order valence-electron chi connectivity index (χ3n) is 5.48. The summed E-state index contributed by atoms with van der Waals surface area (Å²) in [5, 5.41) is 11.6. The largest absolute Gasteiger partial charge is 0.417 e. The maximum Gasteiger partial charge on any atom is 0.417 e. The van der Waals surface area contributed by atoms with Crippen molar-refractivity contribution in [2.75, 3.05) is 36.4 Å². The lowest BCUT2D eigenvalue weighted by Gasteiger charge is -2.36. The van der Waals surface area contributed by atoms with Crippen molar-refractivity contribution in [1.82, 2.24) is 9.80 Å². The number of benzene rings is 2. The fourth-order valence-corrected chi connectivity index (χ4v) is 3.88. The molecule has 0 radical (unpaired) electrons. The van der Waals surface area contributed by atoms with Gasteiger partial charge in [0.15, 0.2) is 0 Å². The monoisotopic (exact) mass is 447 g/mol. The van der Waals surface area contributed by atoms with Crippen LogP contribution in [-0.2, 0) is 6.18 Å². The van der Waals surface area contributed by atoms with Crippen molar-refractivity contribution in [1.29, 1.82) is 5.26 Å². The van der Waals surface area contributed by atoms with Crippen molar-refractivity contribution >= 4 is 23.4 Å². The third-order valence-corrected chi connectivity index (χ3v) is 5.48. The molecule has 1 unspecified atom stereocenters. The summed E-state index contributed by atoms with van der Waals surface area (Å²) in [6.07, 6.45) is -4.73. The predicted molar refractivity (Wildman–Crippen MR) is 106 cm³/mol. The van der Waals surface area contributed by atoms with Gasteiger partial charge in [0.2, 0.25) is 0 Å². The molecule has 1 N–H and O–H groups in total. The summed E-state index contributed by atoms with van der Waals surface area (Å²) in [7, 11) is 0. The molecule has 2 aromatic carbocycles. The van der Waals surface area contributed by atoms with Crippen LogP contribution in [0.3, 0.4) is 0 Å². The maximum absolute atomic E-state index is 13.3. The van der Waals surface area contributed by atoms with E-state index >= 15 is 0 Å². The van der Waals surface area contributed by atoms with Gasteiger partial charge in [0, 0.05) is 37.6 Å². The minimum atomic E-state index is -4.73. The number of urea groups is 2. The molecule has 7 nitrogen and oxygen atoms in total. The Morgan fingerprint density at radius 3 is 2.47 bits per heavy atom. The van der Waals surface area contributed by atoms with Crippen LogP contribution in [0.15, 0.2) is 42.5 Å². The molecule has 4 amide bonds. The number of alkyl halides is 3. The number of halogens is 4. The minimum absolute atomic E-state index is 0.0399. The van der Waals surface area contributed by atoms with E-state index in [0.717, 1.165) is 12.1 Å². The first kappa shape index (κ1) is 21.4. The molecule has 2 fully saturated rings. The van der Waals surface area contributed by atoms with Crippen LogP contribution in [0, 0.1) is 17.1 Å². The van der Waals surface area contributed by atoms with Gasteiger partial charge in [0.1, 0.15) is 5.82 Å². The zero-order chi connectivity index (χ0) is 23.0. The summed E-state index contributed by atoms with van der Waals surface area (Å²) in [5.74, 6) is -0.433. The van der Waals surface area contributed by atoms with Crippen molar-refractivity contribution in [3.63, 3.8) is 0 Å². The van der Waals surface area contributed by atoms with Crippen LogP contribution in [0.5, 0.6) is 0 Å². The summed E-state index contributed by atoms with van der Waals surface area (Å²) in [6, 6.07) is 8.68. The van der Waals surface area contributed by atoms with Gasteiger partial charge in [-0.3, -0.25) is 4.90 Å². The number of rotatable bonds is 2. The van der Waals surface area contributed by atoms with Crippen molar-refractivity contribution in [3.05, 3.63) is 59.4 Å². The predicted octanol–water partition coefficient (Wildman–Crippen LogP) is 3.87. The van der Waals surface area contributed by atoms with Crippen LogP contribution >= 0.6 is 0 Å². The number of hydrogen-bond donors (Lipinski definition) is 1. The normalized spacial score (nSPS) is 18.4. The molecule has 4 rings (SSSR count). The first-order valence-electron chi connectivity index (χ1n) is 9.68. The second-order valence-electron chi connectivity index (χ2n) is 7.46. The van der Waals surface area contributed by atoms with Gasteiger partial charge in [-0.15, -0.1) is 0 Å². The van der Waals surface area contributed by atoms with E-state index in [4.69, 9.17) is 5.26 Å². The highest BCUT2D eigenvalue weighted by Gasteiger charge is 2.43. The minimum Gasteiger partial charge on any atom is -0.321 e. The van der Waals surface area contributed by atoms with Gasteiger partial charge >= 0.3 is 18.2 Å². The summed E-state index contributed by atoms with van der Waals surface area (Å²) in [6.45, 7) is 0.754. The van der Waals surface area contributed by atoms with E-state index in [9.17, 15) is 27.2 Å². The number of hydrogen-bond acceptors (Lipinski definition) is 3. The van der Waals surface area contributed by atoms with Crippen LogP contribution in [0.4, 0.5) is 38.5 Å². The molecule has 0 aromatic heterocycles. The molecule has 0 saturated carbocycles. The molecule has 1 atom stereocenters. The smallest absolute Gasteiger partial charge is 0.321 e. The number of fused-ring (bicyclic) bond motifs is 1. The Morgan fingerprint density at radius 2 is 1.81 bits per heavy atom. The van der Waals surface area contributed by atoms with Gasteiger partial charge in [0.25, 0.3) is 0 Å². The van der Waals surface area contributed by atoms with E-state index in [1.165, 1.54) is 51.1 Å². The molecule has 11 heteroatoms. The summed E-state index contributed by atoms with van der Waals surface area (Å²) >= 11 is 0. The Kier molecular flexibility index (Phi) is 5.38. The third kappa shape index (κ3) is 4.03. The highest BCUT2D eigenvalue weighted by atomic mass is 19.4. The number of anilines is 2. The van der Waals surface area contributed by atoms with Gasteiger partial charge in [0.05, 0.1) is 23.2 Å². The standard InChI is InChI=1S/C21H17F4N5O2/c22-14-2-4-15(5-3-14)27-19(31)28-7-8-29-17(11-28)12-30(20(29)32)16-6-1-13(10-26)18(9-16)21(23,24)25/h1-6,9,17H,7-8,11-12H2,(H,27,31). The van der Waals surface area contributed by atoms with Gasteiger partial charge in [-0.05, 0) is 42.5 Å². The summed E-state index contributed by atoms with van der Waals surface area (Å²) in [4.78, 5) is 29.6. The summed E-state index contributed by atoms with van der Waals surface area (Å²) in [5.41, 5.74) is -1.16. The molecule has 0 spiro atoms. The second-order valence-corrected chi connectivity index (χ2v) is 7.46. The van der Waals surface area contributed by atoms with Gasteiger partial charge in [-0.25, -0.2) is 14.0 Å². The molecule has 0 bridgehead atoms. The SMILES string of the molecule is N#Cc1ccc(N2CC3CN(C(=O)Nc4ccc(F)cc4)CCN3C2=O)cc1C(F)(F)F. The average molecular weight is 447 g/mol. The van der Waals surface area contributed by atoms with E-state index in [0.29, 0.717) is 5.69 Å². The van der Waals surface area contributed by atoms with E-state index < -0.39 is 41.2 Å². The molecule has 2 aromatic rings.